The highest BCUT2D eigenvalue weighted by Gasteiger charge is 2.25. The maximum atomic E-state index is 11.8. The fourth-order valence-corrected chi connectivity index (χ4v) is 2.36. The van der Waals surface area contributed by atoms with Crippen LogP contribution in [0.5, 0.6) is 0 Å². The number of nitrogens with zero attached hydrogens (tertiary/aromatic N) is 1. The summed E-state index contributed by atoms with van der Waals surface area (Å²) in [5, 5.41) is 12.0. The maximum absolute atomic E-state index is 11.8. The quantitative estimate of drug-likeness (QED) is 0.795. The molecule has 3 nitrogen and oxygen atoms in total. The predicted octanol–water partition coefficient (Wildman–Crippen LogP) is 2.62. The molecule has 0 aliphatic heterocycles. The van der Waals surface area contributed by atoms with Gasteiger partial charge in [-0.1, -0.05) is 33.1 Å². The summed E-state index contributed by atoms with van der Waals surface area (Å²) in [5.74, 6) is 0.0286. The molecule has 0 aromatic rings. The molecule has 1 fully saturated rings. The van der Waals surface area contributed by atoms with Gasteiger partial charge in [0, 0.05) is 6.04 Å². The van der Waals surface area contributed by atoms with Gasteiger partial charge in [0.05, 0.1) is 6.07 Å². The van der Waals surface area contributed by atoms with Gasteiger partial charge in [-0.15, -0.1) is 0 Å². The number of hydrogen-bond acceptors (Lipinski definition) is 2. The summed E-state index contributed by atoms with van der Waals surface area (Å²) in [7, 11) is 0. The van der Waals surface area contributed by atoms with E-state index in [0.717, 1.165) is 12.8 Å². The van der Waals surface area contributed by atoms with E-state index in [9.17, 15) is 4.79 Å². The minimum Gasteiger partial charge on any atom is -0.352 e. The van der Waals surface area contributed by atoms with Gasteiger partial charge >= 0.3 is 0 Å². The largest absolute Gasteiger partial charge is 0.352 e. The molecule has 1 aliphatic carbocycles. The van der Waals surface area contributed by atoms with Gasteiger partial charge in [-0.3, -0.25) is 4.79 Å². The van der Waals surface area contributed by atoms with Crippen LogP contribution in [0, 0.1) is 23.2 Å². The molecule has 90 valence electrons. The third kappa shape index (κ3) is 3.52. The Kier molecular flexibility index (Phi) is 5.31. The monoisotopic (exact) mass is 222 g/mol. The number of nitrogens with one attached hydrogen (secondary N) is 1. The zero-order valence-electron chi connectivity index (χ0n) is 10.3. The molecule has 0 aromatic heterocycles. The van der Waals surface area contributed by atoms with Crippen LogP contribution in [0.3, 0.4) is 0 Å². The number of hydrogen-bond donors (Lipinski definition) is 1. The van der Waals surface area contributed by atoms with Crippen LogP contribution in [0.4, 0.5) is 0 Å². The molecule has 0 bridgehead atoms. The van der Waals surface area contributed by atoms with Gasteiger partial charge in [0.2, 0.25) is 5.91 Å². The summed E-state index contributed by atoms with van der Waals surface area (Å²) in [6.45, 7) is 4.19. The Balaban J connectivity index is 2.45. The minimum absolute atomic E-state index is 0.0666. The Hall–Kier alpha value is -1.04. The number of rotatable bonds is 4. The van der Waals surface area contributed by atoms with Crippen molar-refractivity contribution in [3.8, 4) is 6.07 Å². The van der Waals surface area contributed by atoms with E-state index in [1.54, 1.807) is 0 Å². The number of carbonyl (C=O) groups is 1. The van der Waals surface area contributed by atoms with Crippen molar-refractivity contribution in [2.75, 3.05) is 0 Å². The Morgan fingerprint density at radius 3 is 2.75 bits per heavy atom. The average molecular weight is 222 g/mol. The van der Waals surface area contributed by atoms with E-state index >= 15 is 0 Å². The van der Waals surface area contributed by atoms with Crippen molar-refractivity contribution in [3.63, 3.8) is 0 Å². The van der Waals surface area contributed by atoms with Gasteiger partial charge in [0.15, 0.2) is 0 Å². The van der Waals surface area contributed by atoms with E-state index in [1.807, 2.05) is 6.92 Å². The lowest BCUT2D eigenvalue weighted by Gasteiger charge is -2.30. The van der Waals surface area contributed by atoms with Crippen LogP contribution in [0.25, 0.3) is 0 Å². The molecule has 0 spiro atoms. The van der Waals surface area contributed by atoms with E-state index in [-0.39, 0.29) is 11.9 Å². The van der Waals surface area contributed by atoms with Gasteiger partial charge in [0.1, 0.15) is 5.92 Å². The lowest BCUT2D eigenvalue weighted by Crippen LogP contribution is -2.43. The van der Waals surface area contributed by atoms with Crippen molar-refractivity contribution < 1.29 is 4.79 Å². The molecule has 1 N–H and O–H groups in total. The summed E-state index contributed by atoms with van der Waals surface area (Å²) < 4.78 is 0. The van der Waals surface area contributed by atoms with Crippen molar-refractivity contribution in [2.45, 2.75) is 58.4 Å². The maximum Gasteiger partial charge on any atom is 0.237 e. The summed E-state index contributed by atoms with van der Waals surface area (Å²) in [6.07, 6.45) is 6.27. The first kappa shape index (κ1) is 13.0. The molecule has 16 heavy (non-hydrogen) atoms. The van der Waals surface area contributed by atoms with Crippen molar-refractivity contribution in [2.24, 2.45) is 11.8 Å². The van der Waals surface area contributed by atoms with Crippen LogP contribution in [-0.4, -0.2) is 11.9 Å². The van der Waals surface area contributed by atoms with Gasteiger partial charge in [0.25, 0.3) is 0 Å². The molecule has 0 radical (unpaired) electrons. The minimum atomic E-state index is -0.459. The molecular weight excluding hydrogens is 200 g/mol. The Labute approximate surface area is 98.2 Å². The molecule has 3 atom stereocenters. The van der Waals surface area contributed by atoms with Crippen LogP contribution < -0.4 is 5.32 Å². The third-order valence-corrected chi connectivity index (χ3v) is 3.49. The lowest BCUT2D eigenvalue weighted by molar-refractivity contribution is -0.124. The molecule has 3 unspecified atom stereocenters. The standard InChI is InChI=1S/C13H22N2O/c1-3-6-11(9-14)13(16)15-12-8-5-4-7-10(12)2/h10-12H,3-8H2,1-2H3,(H,15,16). The van der Waals surface area contributed by atoms with E-state index in [0.29, 0.717) is 12.3 Å². The third-order valence-electron chi connectivity index (χ3n) is 3.49. The van der Waals surface area contributed by atoms with Crippen molar-refractivity contribution in [1.82, 2.24) is 5.32 Å². The van der Waals surface area contributed by atoms with Crippen molar-refractivity contribution >= 4 is 5.91 Å². The van der Waals surface area contributed by atoms with Gasteiger partial charge in [-0.2, -0.15) is 5.26 Å². The predicted molar refractivity (Wildman–Crippen MR) is 63.6 cm³/mol. The van der Waals surface area contributed by atoms with Gasteiger partial charge in [-0.25, -0.2) is 0 Å². The Morgan fingerprint density at radius 1 is 1.50 bits per heavy atom. The van der Waals surface area contributed by atoms with Gasteiger partial charge in [-0.05, 0) is 25.2 Å². The second kappa shape index (κ2) is 6.52. The van der Waals surface area contributed by atoms with Crippen LogP contribution >= 0.6 is 0 Å². The van der Waals surface area contributed by atoms with E-state index in [4.69, 9.17) is 5.26 Å². The molecule has 1 rings (SSSR count). The Bertz CT molecular complexity index is 270. The van der Waals surface area contributed by atoms with E-state index in [1.165, 1.54) is 19.3 Å². The zero-order chi connectivity index (χ0) is 12.0. The first-order valence-corrected chi connectivity index (χ1v) is 6.39. The smallest absolute Gasteiger partial charge is 0.237 e. The molecule has 1 aliphatic rings. The highest BCUT2D eigenvalue weighted by molar-refractivity contribution is 5.81. The van der Waals surface area contributed by atoms with E-state index in [2.05, 4.69) is 18.3 Å². The first-order chi connectivity index (χ1) is 7.69. The topological polar surface area (TPSA) is 52.9 Å². The fourth-order valence-electron chi connectivity index (χ4n) is 2.36. The van der Waals surface area contributed by atoms with Crippen LogP contribution in [-0.2, 0) is 4.79 Å². The van der Waals surface area contributed by atoms with Gasteiger partial charge < -0.3 is 5.32 Å². The molecule has 0 saturated heterocycles. The summed E-state index contributed by atoms with van der Waals surface area (Å²) in [4.78, 5) is 11.8. The fraction of sp³-hybridized carbons (Fsp3) is 0.846. The highest BCUT2D eigenvalue weighted by Crippen LogP contribution is 2.24. The molecular formula is C13H22N2O. The first-order valence-electron chi connectivity index (χ1n) is 6.39. The van der Waals surface area contributed by atoms with Crippen molar-refractivity contribution in [3.05, 3.63) is 0 Å². The normalized spacial score (nSPS) is 26.8. The zero-order valence-corrected chi connectivity index (χ0v) is 10.3. The molecule has 0 heterocycles. The number of carbonyl (C=O) groups excluding carboxylic acids is 1. The van der Waals surface area contributed by atoms with Crippen LogP contribution in [0.15, 0.2) is 0 Å². The number of nitriles is 1. The highest BCUT2D eigenvalue weighted by atomic mass is 16.1. The second-order valence-corrected chi connectivity index (χ2v) is 4.85. The van der Waals surface area contributed by atoms with E-state index < -0.39 is 5.92 Å². The second-order valence-electron chi connectivity index (χ2n) is 4.85. The molecule has 3 heteroatoms. The SMILES string of the molecule is CCCC(C#N)C(=O)NC1CCCCC1C. The summed E-state index contributed by atoms with van der Waals surface area (Å²) in [6, 6.07) is 2.38. The summed E-state index contributed by atoms with van der Waals surface area (Å²) in [5.41, 5.74) is 0. The number of amides is 1. The van der Waals surface area contributed by atoms with Crippen LogP contribution in [0.2, 0.25) is 0 Å². The Morgan fingerprint density at radius 2 is 2.19 bits per heavy atom. The summed E-state index contributed by atoms with van der Waals surface area (Å²) >= 11 is 0. The average Bonchev–Trinajstić information content (AvgIpc) is 2.29. The molecule has 1 saturated carbocycles. The lowest BCUT2D eigenvalue weighted by atomic mass is 9.85. The van der Waals surface area contributed by atoms with Crippen LogP contribution in [0.1, 0.15) is 52.4 Å². The van der Waals surface area contributed by atoms with Crippen molar-refractivity contribution in [1.29, 1.82) is 5.26 Å². The molecule has 1 amide bonds. The molecule has 0 aromatic carbocycles.